The lowest BCUT2D eigenvalue weighted by Gasteiger charge is -2.28. The summed E-state index contributed by atoms with van der Waals surface area (Å²) in [7, 11) is -2.79. The van der Waals surface area contributed by atoms with Crippen molar-refractivity contribution >= 4 is 38.2 Å². The van der Waals surface area contributed by atoms with Crippen LogP contribution in [0.2, 0.25) is 0 Å². The van der Waals surface area contributed by atoms with E-state index in [1.54, 1.807) is 0 Å². The van der Waals surface area contributed by atoms with Crippen LogP contribution in [0, 0.1) is 0 Å². The maximum Gasteiger partial charge on any atom is 0.698 e. The van der Waals surface area contributed by atoms with Gasteiger partial charge in [0.15, 0.2) is 12.2 Å². The summed E-state index contributed by atoms with van der Waals surface area (Å²) < 4.78 is 39.5. The lowest BCUT2D eigenvalue weighted by Crippen LogP contribution is -2.48. The summed E-state index contributed by atoms with van der Waals surface area (Å²) in [5.41, 5.74) is 0.860. The number of hydrogen-bond acceptors (Lipinski definition) is 11. The van der Waals surface area contributed by atoms with Crippen LogP contribution in [0.1, 0.15) is 70.8 Å². The van der Waals surface area contributed by atoms with Gasteiger partial charge in [-0.1, -0.05) is 50.1 Å². The van der Waals surface area contributed by atoms with Gasteiger partial charge >= 0.3 is 26.4 Å². The zero-order valence-electron chi connectivity index (χ0n) is 28.8. The summed E-state index contributed by atoms with van der Waals surface area (Å²) >= 11 is 0. The highest BCUT2D eigenvalue weighted by Crippen LogP contribution is 2.29. The van der Waals surface area contributed by atoms with Crippen molar-refractivity contribution in [1.82, 2.24) is 20.4 Å². The van der Waals surface area contributed by atoms with E-state index >= 15 is 0 Å². The predicted molar refractivity (Wildman–Crippen MR) is 179 cm³/mol. The Morgan fingerprint density at radius 3 is 2.48 bits per heavy atom. The first kappa shape index (κ1) is 40.6. The first-order chi connectivity index (χ1) is 24.1. The molecular weight excluding hydrogens is 675 g/mol. The van der Waals surface area contributed by atoms with Crippen LogP contribution < -0.4 is 10.6 Å². The van der Waals surface area contributed by atoms with Crippen molar-refractivity contribution in [2.45, 2.75) is 96.1 Å². The highest BCUT2D eigenvalue weighted by Gasteiger charge is 2.40. The third-order valence-electron chi connectivity index (χ3n) is 8.23. The number of ether oxygens (including phenoxy) is 3. The normalized spacial score (nSPS) is 18.0. The number of carboxylic acids is 1. The zero-order chi connectivity index (χ0) is 36.3. The fourth-order valence-corrected chi connectivity index (χ4v) is 6.13. The maximum atomic E-state index is 13.5. The maximum absolute atomic E-state index is 13.5. The van der Waals surface area contributed by atoms with Crippen LogP contribution in [0.3, 0.4) is 0 Å². The molecule has 4 amide bonds. The number of likely N-dealkylation sites (tertiary alicyclic amines) is 1. The lowest BCUT2D eigenvalue weighted by molar-refractivity contribution is -0.151. The summed E-state index contributed by atoms with van der Waals surface area (Å²) in [5.74, 6) is -2.26. The van der Waals surface area contributed by atoms with Crippen molar-refractivity contribution in [3.05, 3.63) is 35.9 Å². The van der Waals surface area contributed by atoms with E-state index in [0.29, 0.717) is 64.8 Å². The van der Waals surface area contributed by atoms with E-state index < -0.39 is 62.5 Å². The SMILES string of the molecule is CCCCC(CO[P+](=O)O[C@@H](C)C(=O)N1CCC[C@H]1C(=O)O)NC(=O)[C@H](CCCCNC(=O)OCc1ccccc1)OC(=O)N1CCOCC1. The molecule has 278 valence electrons. The Bertz CT molecular complexity index is 1270. The lowest BCUT2D eigenvalue weighted by atomic mass is 10.1. The number of benzene rings is 1. The molecule has 2 fully saturated rings. The molecule has 2 saturated heterocycles. The first-order valence-corrected chi connectivity index (χ1v) is 18.3. The van der Waals surface area contributed by atoms with Gasteiger partial charge in [-0.15, -0.1) is 9.05 Å². The van der Waals surface area contributed by atoms with E-state index in [4.69, 9.17) is 23.3 Å². The van der Waals surface area contributed by atoms with Crippen molar-refractivity contribution in [3.8, 4) is 0 Å². The molecule has 3 N–H and O–H groups in total. The molecule has 0 aliphatic carbocycles. The zero-order valence-corrected chi connectivity index (χ0v) is 29.7. The summed E-state index contributed by atoms with van der Waals surface area (Å²) in [4.78, 5) is 65.4. The monoisotopic (exact) mass is 725 g/mol. The minimum atomic E-state index is -2.79. The summed E-state index contributed by atoms with van der Waals surface area (Å²) in [5, 5.41) is 14.9. The number of hydrogen-bond donors (Lipinski definition) is 3. The molecule has 2 heterocycles. The summed E-state index contributed by atoms with van der Waals surface area (Å²) in [6, 6.07) is 7.70. The van der Waals surface area contributed by atoms with E-state index in [-0.39, 0.29) is 32.7 Å². The molecule has 0 saturated carbocycles. The predicted octanol–water partition coefficient (Wildman–Crippen LogP) is 3.75. The fraction of sp³-hybridized carbons (Fsp3) is 0.667. The van der Waals surface area contributed by atoms with Gasteiger partial charge in [-0.3, -0.25) is 9.59 Å². The standard InChI is InChI=1S/C33H49N4O12P/c1-3-4-13-26(23-47-50(44)49-24(2)30(39)37-17-10-14-27(37)31(40)41)35-29(38)28(48-33(43)36-18-20-45-21-19-36)15-8-9-16-34-32(42)46-22-25-11-6-5-7-12-25/h5-7,11-12,24,26-28H,3-4,8-10,13-23H2,1-2H3,(H2-,34,35,38,40,41,42)/p+1/t24-,26?,27-,28-/m0/s1. The highest BCUT2D eigenvalue weighted by molar-refractivity contribution is 7.33. The van der Waals surface area contributed by atoms with Crippen molar-refractivity contribution in [2.75, 3.05) is 46.0 Å². The number of carbonyl (C=O) groups excluding carboxylic acids is 4. The van der Waals surface area contributed by atoms with Crippen LogP contribution in [0.25, 0.3) is 0 Å². The van der Waals surface area contributed by atoms with Gasteiger partial charge in [0.1, 0.15) is 19.3 Å². The topological polar surface area (TPSA) is 199 Å². The van der Waals surface area contributed by atoms with Gasteiger partial charge < -0.3 is 39.8 Å². The smallest absolute Gasteiger partial charge is 0.480 e. The van der Waals surface area contributed by atoms with Crippen molar-refractivity contribution in [3.63, 3.8) is 0 Å². The average Bonchev–Trinajstić information content (AvgIpc) is 3.62. The second-order valence-corrected chi connectivity index (χ2v) is 13.0. The molecule has 0 aromatic heterocycles. The number of carboxylic acid groups (broad SMARTS) is 1. The summed E-state index contributed by atoms with van der Waals surface area (Å²) in [6.45, 7) is 5.21. The summed E-state index contributed by atoms with van der Waals surface area (Å²) in [6.07, 6.45) is 0.388. The van der Waals surface area contributed by atoms with E-state index in [9.17, 15) is 33.6 Å². The van der Waals surface area contributed by atoms with Crippen LogP contribution in [0.5, 0.6) is 0 Å². The van der Waals surface area contributed by atoms with Gasteiger partial charge in [-0.05, 0) is 51.0 Å². The fourth-order valence-electron chi connectivity index (χ4n) is 5.42. The molecule has 1 aromatic rings. The Morgan fingerprint density at radius 2 is 1.78 bits per heavy atom. The van der Waals surface area contributed by atoms with Crippen LogP contribution in [0.4, 0.5) is 9.59 Å². The Balaban J connectivity index is 1.51. The molecule has 50 heavy (non-hydrogen) atoms. The van der Waals surface area contributed by atoms with Crippen LogP contribution in [0.15, 0.2) is 30.3 Å². The second kappa shape index (κ2) is 22.1. The molecule has 5 atom stereocenters. The molecule has 0 bridgehead atoms. The molecule has 1 aromatic carbocycles. The third kappa shape index (κ3) is 14.2. The number of amides is 4. The van der Waals surface area contributed by atoms with Crippen LogP contribution in [-0.2, 0) is 48.8 Å². The number of alkyl carbamates (subject to hydrolysis) is 1. The van der Waals surface area contributed by atoms with Crippen molar-refractivity contribution in [1.29, 1.82) is 0 Å². The minimum Gasteiger partial charge on any atom is -0.480 e. The number of rotatable bonds is 20. The van der Waals surface area contributed by atoms with E-state index in [0.717, 1.165) is 12.0 Å². The molecule has 2 unspecified atom stereocenters. The van der Waals surface area contributed by atoms with Gasteiger partial charge in [0.2, 0.25) is 0 Å². The van der Waals surface area contributed by atoms with Gasteiger partial charge in [-0.25, -0.2) is 14.4 Å². The molecule has 2 aliphatic heterocycles. The van der Waals surface area contributed by atoms with Gasteiger partial charge in [0.05, 0.1) is 19.3 Å². The molecule has 0 radical (unpaired) electrons. The Labute approximate surface area is 293 Å². The minimum absolute atomic E-state index is 0.138. The van der Waals surface area contributed by atoms with Gasteiger partial charge in [-0.2, -0.15) is 0 Å². The number of unbranched alkanes of at least 4 members (excludes halogenated alkanes) is 2. The molecule has 16 nitrogen and oxygen atoms in total. The Kier molecular flexibility index (Phi) is 17.9. The number of aliphatic carboxylic acids is 1. The van der Waals surface area contributed by atoms with Crippen LogP contribution >= 0.6 is 8.25 Å². The van der Waals surface area contributed by atoms with Crippen molar-refractivity contribution < 1.29 is 56.9 Å². The number of morpholine rings is 1. The van der Waals surface area contributed by atoms with Gasteiger partial charge in [0, 0.05) is 30.7 Å². The number of carbonyl (C=O) groups is 5. The molecular formula is C33H50N4O12P+. The largest absolute Gasteiger partial charge is 0.698 e. The van der Waals surface area contributed by atoms with E-state index in [2.05, 4.69) is 10.6 Å². The average molecular weight is 726 g/mol. The number of nitrogens with zero attached hydrogens (tertiary/aromatic N) is 2. The van der Waals surface area contributed by atoms with E-state index in [1.165, 1.54) is 16.7 Å². The Hall–Kier alpha value is -3.85. The second-order valence-electron chi connectivity index (χ2n) is 12.1. The van der Waals surface area contributed by atoms with Crippen molar-refractivity contribution in [2.24, 2.45) is 0 Å². The highest BCUT2D eigenvalue weighted by atomic mass is 31.1. The molecule has 0 spiro atoms. The molecule has 3 rings (SSSR count). The first-order valence-electron chi connectivity index (χ1n) is 17.2. The quantitative estimate of drug-likeness (QED) is 0.130. The van der Waals surface area contributed by atoms with Crippen LogP contribution in [-0.4, -0.2) is 115 Å². The molecule has 2 aliphatic rings. The van der Waals surface area contributed by atoms with Gasteiger partial charge in [0.25, 0.3) is 11.8 Å². The Morgan fingerprint density at radius 1 is 1.04 bits per heavy atom. The van der Waals surface area contributed by atoms with E-state index in [1.807, 2.05) is 37.3 Å². The molecule has 17 heteroatoms. The number of nitrogens with one attached hydrogen (secondary N) is 2. The third-order valence-corrected chi connectivity index (χ3v) is 9.07.